The van der Waals surface area contributed by atoms with Crippen LogP contribution in [0, 0.1) is 11.8 Å². The highest BCUT2D eigenvalue weighted by Gasteiger charge is 2.32. The SMILES string of the molecule is CC1CCC(Cn2c(N3CCOC[C@H]3c3ccccc3)nc3nc(-c4noc(=O)[nH]4)nc(-c4ccnc(Cl)c4)c32)CC1. The van der Waals surface area contributed by atoms with Crippen LogP contribution in [0.4, 0.5) is 5.95 Å². The van der Waals surface area contributed by atoms with Gasteiger partial charge in [0, 0.05) is 24.8 Å². The summed E-state index contributed by atoms with van der Waals surface area (Å²) in [6.07, 6.45) is 6.39. The van der Waals surface area contributed by atoms with E-state index in [0.29, 0.717) is 42.2 Å². The van der Waals surface area contributed by atoms with Gasteiger partial charge in [-0.3, -0.25) is 9.51 Å². The third-order valence-corrected chi connectivity index (χ3v) is 8.59. The fraction of sp³-hybridized carbons (Fsp3) is 0.400. The van der Waals surface area contributed by atoms with Crippen LogP contribution in [0.3, 0.4) is 0 Å². The quantitative estimate of drug-likeness (QED) is 0.264. The average molecular weight is 587 g/mol. The average Bonchev–Trinajstić information content (AvgIpc) is 3.62. The number of morpholine rings is 1. The summed E-state index contributed by atoms with van der Waals surface area (Å²) in [5, 5.41) is 4.20. The zero-order chi connectivity index (χ0) is 28.6. The van der Waals surface area contributed by atoms with Crippen LogP contribution in [0.1, 0.15) is 44.2 Å². The minimum atomic E-state index is -0.682. The Kier molecular flexibility index (Phi) is 7.20. The number of benzene rings is 1. The van der Waals surface area contributed by atoms with Crippen LogP contribution in [-0.4, -0.2) is 54.4 Å². The third kappa shape index (κ3) is 5.18. The number of imidazole rings is 1. The number of hydrogen-bond donors (Lipinski definition) is 1. The smallest absolute Gasteiger partial charge is 0.377 e. The van der Waals surface area contributed by atoms with Crippen LogP contribution in [-0.2, 0) is 11.3 Å². The molecule has 5 heterocycles. The number of rotatable bonds is 6. The number of nitrogens with zero attached hydrogens (tertiary/aromatic N) is 7. The van der Waals surface area contributed by atoms with E-state index in [4.69, 9.17) is 35.8 Å². The Morgan fingerprint density at radius 1 is 1.07 bits per heavy atom. The van der Waals surface area contributed by atoms with Crippen molar-refractivity contribution in [3.05, 3.63) is 69.9 Å². The highest BCUT2D eigenvalue weighted by Crippen LogP contribution is 2.38. The fourth-order valence-corrected chi connectivity index (χ4v) is 6.34. The summed E-state index contributed by atoms with van der Waals surface area (Å²) < 4.78 is 13.0. The van der Waals surface area contributed by atoms with Gasteiger partial charge in [0.25, 0.3) is 0 Å². The first-order valence-corrected chi connectivity index (χ1v) is 14.8. The normalized spacial score (nSPS) is 21.2. The molecule has 2 fully saturated rings. The van der Waals surface area contributed by atoms with Gasteiger partial charge in [0.2, 0.25) is 17.6 Å². The molecule has 1 N–H and O–H groups in total. The molecule has 216 valence electrons. The molecule has 0 amide bonds. The Morgan fingerprint density at radius 3 is 2.67 bits per heavy atom. The number of anilines is 1. The van der Waals surface area contributed by atoms with Gasteiger partial charge in [0.1, 0.15) is 16.4 Å². The van der Waals surface area contributed by atoms with Crippen LogP contribution >= 0.6 is 11.6 Å². The number of H-pyrrole nitrogens is 1. The molecule has 42 heavy (non-hydrogen) atoms. The zero-order valence-corrected chi connectivity index (χ0v) is 24.0. The highest BCUT2D eigenvalue weighted by molar-refractivity contribution is 6.29. The second-order valence-electron chi connectivity index (χ2n) is 11.2. The first-order chi connectivity index (χ1) is 20.5. The predicted molar refractivity (Wildman–Crippen MR) is 158 cm³/mol. The molecule has 1 saturated heterocycles. The second-order valence-corrected chi connectivity index (χ2v) is 11.6. The lowest BCUT2D eigenvalue weighted by Gasteiger charge is -2.37. The van der Waals surface area contributed by atoms with Crippen molar-refractivity contribution < 1.29 is 9.26 Å². The Morgan fingerprint density at radius 2 is 1.90 bits per heavy atom. The number of fused-ring (bicyclic) bond motifs is 1. The lowest BCUT2D eigenvalue weighted by molar-refractivity contribution is 0.0927. The van der Waals surface area contributed by atoms with Gasteiger partial charge in [-0.1, -0.05) is 66.9 Å². The number of halogens is 1. The van der Waals surface area contributed by atoms with Gasteiger partial charge in [0.05, 0.1) is 19.3 Å². The topological polar surface area (TPSA) is 128 Å². The molecule has 1 atom stereocenters. The maximum atomic E-state index is 11.8. The van der Waals surface area contributed by atoms with Crippen molar-refractivity contribution in [3.63, 3.8) is 0 Å². The van der Waals surface area contributed by atoms with Crippen LogP contribution in [0.15, 0.2) is 58.0 Å². The lowest BCUT2D eigenvalue weighted by Crippen LogP contribution is -2.41. The van der Waals surface area contributed by atoms with E-state index in [-0.39, 0.29) is 17.7 Å². The number of aromatic nitrogens is 7. The van der Waals surface area contributed by atoms with Gasteiger partial charge in [-0.25, -0.2) is 19.7 Å². The van der Waals surface area contributed by atoms with Crippen LogP contribution in [0.2, 0.25) is 5.15 Å². The molecule has 4 aromatic heterocycles. The summed E-state index contributed by atoms with van der Waals surface area (Å²) in [6.45, 7) is 4.95. The van der Waals surface area contributed by atoms with Crippen molar-refractivity contribution in [2.24, 2.45) is 11.8 Å². The number of nitrogens with one attached hydrogen (secondary N) is 1. The molecule has 0 unspecified atom stereocenters. The van der Waals surface area contributed by atoms with Crippen molar-refractivity contribution >= 4 is 28.7 Å². The molecule has 1 saturated carbocycles. The maximum Gasteiger partial charge on any atom is 0.439 e. The molecule has 5 aromatic rings. The monoisotopic (exact) mass is 586 g/mol. The van der Waals surface area contributed by atoms with Gasteiger partial charge >= 0.3 is 5.76 Å². The van der Waals surface area contributed by atoms with Crippen molar-refractivity contribution in [2.75, 3.05) is 24.7 Å². The van der Waals surface area contributed by atoms with Gasteiger partial charge in [-0.05, 0) is 42.4 Å². The van der Waals surface area contributed by atoms with Crippen LogP contribution in [0.25, 0.3) is 34.1 Å². The Bertz CT molecular complexity index is 1760. The van der Waals surface area contributed by atoms with Crippen molar-refractivity contribution in [1.82, 2.24) is 34.6 Å². The number of ether oxygens (including phenoxy) is 1. The van der Waals surface area contributed by atoms with Crippen molar-refractivity contribution in [1.29, 1.82) is 0 Å². The molecule has 1 aromatic carbocycles. The molecular formula is C30H31ClN8O3. The second kappa shape index (κ2) is 11.3. The Hall–Kier alpha value is -4.09. The third-order valence-electron chi connectivity index (χ3n) is 8.38. The minimum Gasteiger partial charge on any atom is -0.377 e. The standard InChI is InChI=1S/C30H31ClN8O3/c1-18-7-9-19(10-8-18)16-39-25-24(21-11-12-32-23(31)15-21)33-27(28-36-30(40)42-37-28)34-26(25)35-29(39)38-13-14-41-17-22(38)20-5-3-2-4-6-20/h2-6,11-12,15,18-19,22H,7-10,13-14,16-17H2,1H3,(H,36,37,40)/t18?,19?,22-/m0/s1. The zero-order valence-electron chi connectivity index (χ0n) is 23.2. The van der Waals surface area contributed by atoms with Crippen LogP contribution in [0.5, 0.6) is 0 Å². The number of hydrogen-bond acceptors (Lipinski definition) is 9. The molecule has 12 heteroatoms. The molecule has 0 spiro atoms. The highest BCUT2D eigenvalue weighted by atomic mass is 35.5. The van der Waals surface area contributed by atoms with Gasteiger partial charge in [-0.2, -0.15) is 4.98 Å². The maximum absolute atomic E-state index is 11.8. The van der Waals surface area contributed by atoms with Gasteiger partial charge < -0.3 is 14.2 Å². The van der Waals surface area contributed by atoms with Gasteiger partial charge in [0.15, 0.2) is 5.65 Å². The van der Waals surface area contributed by atoms with E-state index in [2.05, 4.69) is 55.8 Å². The van der Waals surface area contributed by atoms with Crippen LogP contribution < -0.4 is 10.7 Å². The number of pyridine rings is 1. The molecule has 11 nitrogen and oxygen atoms in total. The Balaban J connectivity index is 1.45. The summed E-state index contributed by atoms with van der Waals surface area (Å²) >= 11 is 6.36. The molecule has 1 aliphatic carbocycles. The van der Waals surface area contributed by atoms with E-state index in [1.54, 1.807) is 12.3 Å². The summed E-state index contributed by atoms with van der Waals surface area (Å²) in [7, 11) is 0. The summed E-state index contributed by atoms with van der Waals surface area (Å²) in [5.74, 6) is 1.72. The van der Waals surface area contributed by atoms with E-state index >= 15 is 0 Å². The molecule has 0 radical (unpaired) electrons. The Labute approximate surface area is 246 Å². The summed E-state index contributed by atoms with van der Waals surface area (Å²) in [4.78, 5) is 35.8. The first-order valence-electron chi connectivity index (χ1n) is 14.4. The molecule has 2 aliphatic rings. The molecule has 7 rings (SSSR count). The molecular weight excluding hydrogens is 556 g/mol. The fourth-order valence-electron chi connectivity index (χ4n) is 6.16. The first kappa shape index (κ1) is 26.8. The van der Waals surface area contributed by atoms with E-state index < -0.39 is 5.76 Å². The van der Waals surface area contributed by atoms with Crippen molar-refractivity contribution in [3.8, 4) is 22.9 Å². The minimum absolute atomic E-state index is 0.0139. The summed E-state index contributed by atoms with van der Waals surface area (Å²) in [6, 6.07) is 14.0. The largest absolute Gasteiger partial charge is 0.439 e. The summed E-state index contributed by atoms with van der Waals surface area (Å²) in [5.41, 5.74) is 3.87. The van der Waals surface area contributed by atoms with Gasteiger partial charge in [-0.15, -0.1) is 0 Å². The van der Waals surface area contributed by atoms with E-state index in [0.717, 1.165) is 47.9 Å². The van der Waals surface area contributed by atoms with E-state index in [1.165, 1.54) is 12.8 Å². The predicted octanol–water partition coefficient (Wildman–Crippen LogP) is 5.29. The molecule has 1 aliphatic heterocycles. The van der Waals surface area contributed by atoms with Crippen molar-refractivity contribution in [2.45, 2.75) is 45.2 Å². The molecule has 0 bridgehead atoms. The van der Waals surface area contributed by atoms with E-state index in [1.807, 2.05) is 12.1 Å². The lowest BCUT2D eigenvalue weighted by atomic mass is 9.83. The number of aromatic amines is 1. The van der Waals surface area contributed by atoms with E-state index in [9.17, 15) is 4.79 Å².